The van der Waals surface area contributed by atoms with Crippen molar-refractivity contribution >= 4 is 5.69 Å². The SMILES string of the molecule is CC1(C)N([O-])C(c2ccc([N+](=O)[O-])cc2)N([O-])C1(C)C. The summed E-state index contributed by atoms with van der Waals surface area (Å²) in [5.74, 6) is 0. The summed E-state index contributed by atoms with van der Waals surface area (Å²) in [7, 11) is 0. The maximum Gasteiger partial charge on any atom is 0.269 e. The van der Waals surface area contributed by atoms with Crippen molar-refractivity contribution in [2.24, 2.45) is 0 Å². The standard InChI is InChI=1S/C13H17N3O4/c1-12(2)13(3,4)15(18)11(14(12)17)9-5-7-10(8-6-9)16(19)20/h5-8,11H,1-4H3/q-2. The molecule has 1 aliphatic rings. The van der Waals surface area contributed by atoms with Crippen LogP contribution in [0.3, 0.4) is 0 Å². The largest absolute Gasteiger partial charge is 0.783 e. The highest BCUT2D eigenvalue weighted by Crippen LogP contribution is 2.48. The van der Waals surface area contributed by atoms with Crippen molar-refractivity contribution in [1.29, 1.82) is 0 Å². The second-order valence-corrected chi connectivity index (χ2v) is 5.99. The Bertz CT molecular complexity index is 507. The van der Waals surface area contributed by atoms with Crippen molar-refractivity contribution in [3.8, 4) is 0 Å². The second-order valence-electron chi connectivity index (χ2n) is 5.99. The van der Waals surface area contributed by atoms with E-state index < -0.39 is 22.2 Å². The summed E-state index contributed by atoms with van der Waals surface area (Å²) < 4.78 is 0. The molecule has 0 spiro atoms. The molecular formula is C13H17N3O4-2. The van der Waals surface area contributed by atoms with E-state index in [4.69, 9.17) is 0 Å². The zero-order valence-corrected chi connectivity index (χ0v) is 11.9. The summed E-state index contributed by atoms with van der Waals surface area (Å²) in [6.07, 6.45) is -0.985. The summed E-state index contributed by atoms with van der Waals surface area (Å²) in [5, 5.41) is 37.0. The van der Waals surface area contributed by atoms with Gasteiger partial charge in [-0.25, -0.2) is 0 Å². The van der Waals surface area contributed by atoms with Crippen LogP contribution in [0.2, 0.25) is 0 Å². The summed E-state index contributed by atoms with van der Waals surface area (Å²) in [5.41, 5.74) is -1.33. The number of hydrogen-bond donors (Lipinski definition) is 0. The van der Waals surface area contributed by atoms with Crippen molar-refractivity contribution in [1.82, 2.24) is 10.1 Å². The molecule has 0 saturated carbocycles. The first-order valence-electron chi connectivity index (χ1n) is 6.28. The Hall–Kier alpha value is -1.54. The molecule has 0 N–H and O–H groups in total. The number of rotatable bonds is 2. The van der Waals surface area contributed by atoms with E-state index in [1.165, 1.54) is 24.3 Å². The van der Waals surface area contributed by atoms with Crippen LogP contribution in [0.5, 0.6) is 0 Å². The molecule has 0 amide bonds. The average molecular weight is 279 g/mol. The molecule has 110 valence electrons. The molecule has 1 heterocycles. The third-order valence-electron chi connectivity index (χ3n) is 4.45. The van der Waals surface area contributed by atoms with E-state index in [1.54, 1.807) is 27.7 Å². The third-order valence-corrected chi connectivity index (χ3v) is 4.45. The van der Waals surface area contributed by atoms with Gasteiger partial charge in [-0.3, -0.25) is 10.1 Å². The van der Waals surface area contributed by atoms with Gasteiger partial charge in [0.1, 0.15) is 0 Å². The zero-order valence-electron chi connectivity index (χ0n) is 11.9. The van der Waals surface area contributed by atoms with E-state index in [0.29, 0.717) is 5.56 Å². The Morgan fingerprint density at radius 2 is 1.40 bits per heavy atom. The maximum absolute atomic E-state index is 12.4. The first-order valence-corrected chi connectivity index (χ1v) is 6.28. The summed E-state index contributed by atoms with van der Waals surface area (Å²) in [6, 6.07) is 5.51. The van der Waals surface area contributed by atoms with Crippen LogP contribution in [0.25, 0.3) is 0 Å². The van der Waals surface area contributed by atoms with Crippen molar-refractivity contribution < 1.29 is 4.92 Å². The topological polar surface area (TPSA) is 95.7 Å². The van der Waals surface area contributed by atoms with Crippen LogP contribution in [-0.2, 0) is 0 Å². The maximum atomic E-state index is 12.4. The minimum absolute atomic E-state index is 0.0693. The fourth-order valence-corrected chi connectivity index (χ4v) is 2.28. The molecular weight excluding hydrogens is 262 g/mol. The quantitative estimate of drug-likeness (QED) is 0.610. The van der Waals surface area contributed by atoms with Crippen LogP contribution in [0.15, 0.2) is 24.3 Å². The molecule has 1 fully saturated rings. The number of hydrogen-bond acceptors (Lipinski definition) is 6. The molecule has 1 saturated heterocycles. The summed E-state index contributed by atoms with van der Waals surface area (Å²) in [6.45, 7) is 6.87. The lowest BCUT2D eigenvalue weighted by Gasteiger charge is -2.46. The fraction of sp³-hybridized carbons (Fsp3) is 0.538. The minimum Gasteiger partial charge on any atom is -0.783 e. The van der Waals surface area contributed by atoms with Crippen LogP contribution in [0.1, 0.15) is 39.4 Å². The first kappa shape index (κ1) is 14.9. The highest BCUT2D eigenvalue weighted by atomic mass is 16.6. The lowest BCUT2D eigenvalue weighted by atomic mass is 9.84. The molecule has 1 aromatic carbocycles. The molecule has 2 rings (SSSR count). The molecule has 0 aliphatic carbocycles. The van der Waals surface area contributed by atoms with Crippen LogP contribution < -0.4 is 0 Å². The number of benzene rings is 1. The third kappa shape index (κ3) is 1.90. The Balaban J connectivity index is 2.40. The molecule has 0 atom stereocenters. The van der Waals surface area contributed by atoms with E-state index in [1.807, 2.05) is 0 Å². The normalized spacial score (nSPS) is 23.1. The van der Waals surface area contributed by atoms with Crippen molar-refractivity contribution in [3.63, 3.8) is 0 Å². The predicted molar refractivity (Wildman–Crippen MR) is 74.4 cm³/mol. The van der Waals surface area contributed by atoms with Crippen LogP contribution in [-0.4, -0.2) is 26.1 Å². The molecule has 1 aliphatic heterocycles. The summed E-state index contributed by atoms with van der Waals surface area (Å²) >= 11 is 0. The predicted octanol–water partition coefficient (Wildman–Crippen LogP) is 2.76. The van der Waals surface area contributed by atoms with Gasteiger partial charge in [-0.15, -0.1) is 0 Å². The Kier molecular flexibility index (Phi) is 3.34. The molecule has 7 heteroatoms. The van der Waals surface area contributed by atoms with Crippen molar-refractivity contribution in [2.75, 3.05) is 0 Å². The zero-order chi connectivity index (χ0) is 15.3. The molecule has 0 bridgehead atoms. The molecule has 0 radical (unpaired) electrons. The van der Waals surface area contributed by atoms with Gasteiger partial charge >= 0.3 is 0 Å². The number of hydroxylamine groups is 4. The average Bonchev–Trinajstić information content (AvgIpc) is 2.49. The second kappa shape index (κ2) is 4.49. The number of nitrogens with zero attached hydrogens (tertiary/aromatic N) is 3. The Morgan fingerprint density at radius 1 is 1.00 bits per heavy atom. The Morgan fingerprint density at radius 3 is 1.75 bits per heavy atom. The van der Waals surface area contributed by atoms with Gasteiger partial charge in [0.15, 0.2) is 0 Å². The smallest absolute Gasteiger partial charge is 0.269 e. The monoisotopic (exact) mass is 279 g/mol. The van der Waals surface area contributed by atoms with Gasteiger partial charge in [-0.2, -0.15) is 0 Å². The van der Waals surface area contributed by atoms with Crippen LogP contribution >= 0.6 is 0 Å². The van der Waals surface area contributed by atoms with Gasteiger partial charge in [0.2, 0.25) is 0 Å². The van der Waals surface area contributed by atoms with Crippen molar-refractivity contribution in [3.05, 3.63) is 50.4 Å². The lowest BCUT2D eigenvalue weighted by Crippen LogP contribution is -2.51. The summed E-state index contributed by atoms with van der Waals surface area (Å²) in [4.78, 5) is 10.1. The van der Waals surface area contributed by atoms with Gasteiger partial charge in [0, 0.05) is 23.2 Å². The van der Waals surface area contributed by atoms with Gasteiger partial charge in [0.05, 0.1) is 11.1 Å². The minimum atomic E-state index is -0.985. The fourth-order valence-electron chi connectivity index (χ4n) is 2.28. The first-order chi connectivity index (χ1) is 9.10. The van der Waals surface area contributed by atoms with Gasteiger partial charge in [-0.1, -0.05) is 0 Å². The number of nitro benzene ring substituents is 1. The van der Waals surface area contributed by atoms with Crippen molar-refractivity contribution in [2.45, 2.75) is 44.9 Å². The van der Waals surface area contributed by atoms with Crippen LogP contribution in [0.4, 0.5) is 5.69 Å². The van der Waals surface area contributed by atoms with E-state index >= 15 is 0 Å². The molecule has 1 aromatic rings. The van der Waals surface area contributed by atoms with E-state index in [2.05, 4.69) is 0 Å². The van der Waals surface area contributed by atoms with Gasteiger partial charge < -0.3 is 20.5 Å². The lowest BCUT2D eigenvalue weighted by molar-refractivity contribution is -0.384. The van der Waals surface area contributed by atoms with E-state index in [9.17, 15) is 20.5 Å². The number of nitro groups is 1. The van der Waals surface area contributed by atoms with E-state index in [0.717, 1.165) is 10.1 Å². The molecule has 7 nitrogen and oxygen atoms in total. The molecule has 20 heavy (non-hydrogen) atoms. The highest BCUT2D eigenvalue weighted by Gasteiger charge is 2.49. The highest BCUT2D eigenvalue weighted by molar-refractivity contribution is 5.35. The van der Waals surface area contributed by atoms with Gasteiger partial charge in [0.25, 0.3) is 5.69 Å². The van der Waals surface area contributed by atoms with E-state index in [-0.39, 0.29) is 5.69 Å². The number of non-ortho nitro benzene ring substituents is 1. The van der Waals surface area contributed by atoms with Crippen LogP contribution in [0, 0.1) is 20.5 Å². The molecule has 0 aromatic heterocycles. The van der Waals surface area contributed by atoms with Gasteiger partial charge in [-0.05, 0) is 45.4 Å². The molecule has 0 unspecified atom stereocenters. The Labute approximate surface area is 117 Å².